The molecular weight excluding hydrogens is 144 g/mol. The zero-order valence-corrected chi connectivity index (χ0v) is 9.35. The summed E-state index contributed by atoms with van der Waals surface area (Å²) in [5.74, 6) is 2.81. The highest BCUT2D eigenvalue weighted by molar-refractivity contribution is 5.04. The van der Waals surface area contributed by atoms with Gasteiger partial charge >= 0.3 is 0 Å². The summed E-state index contributed by atoms with van der Waals surface area (Å²) >= 11 is 0. The summed E-state index contributed by atoms with van der Waals surface area (Å²) < 4.78 is 0. The van der Waals surface area contributed by atoms with Gasteiger partial charge in [0.05, 0.1) is 0 Å². The molecule has 0 aromatic rings. The molecule has 0 aliphatic heterocycles. The lowest BCUT2D eigenvalue weighted by Gasteiger charge is -2.28. The molecule has 1 fully saturated rings. The third kappa shape index (κ3) is 1.41. The highest BCUT2D eigenvalue weighted by atomic mass is 14.6. The molecule has 12 heavy (non-hydrogen) atoms. The normalized spacial score (nSPS) is 37.0. The van der Waals surface area contributed by atoms with Crippen molar-refractivity contribution in [1.29, 1.82) is 0 Å². The maximum atomic E-state index is 2.45. The quantitative estimate of drug-likeness (QED) is 0.592. The van der Waals surface area contributed by atoms with Gasteiger partial charge in [-0.2, -0.15) is 0 Å². The number of rotatable bonds is 4. The van der Waals surface area contributed by atoms with E-state index in [-0.39, 0.29) is 0 Å². The predicted octanol–water partition coefficient (Wildman–Crippen LogP) is 4.10. The average molecular weight is 168 g/mol. The van der Waals surface area contributed by atoms with E-state index < -0.39 is 0 Å². The molecule has 0 nitrogen and oxygen atoms in total. The van der Waals surface area contributed by atoms with Crippen LogP contribution in [0.25, 0.3) is 0 Å². The van der Waals surface area contributed by atoms with Gasteiger partial charge < -0.3 is 0 Å². The van der Waals surface area contributed by atoms with Gasteiger partial charge in [0, 0.05) is 0 Å². The van der Waals surface area contributed by atoms with Crippen molar-refractivity contribution in [2.45, 2.75) is 53.9 Å². The summed E-state index contributed by atoms with van der Waals surface area (Å²) in [6.45, 7) is 12.0. The average Bonchev–Trinajstić information content (AvgIpc) is 2.63. The molecule has 0 spiro atoms. The van der Waals surface area contributed by atoms with E-state index in [9.17, 15) is 0 Å². The lowest BCUT2D eigenvalue weighted by Crippen LogP contribution is -2.21. The maximum Gasteiger partial charge on any atom is -0.0220 e. The van der Waals surface area contributed by atoms with Crippen LogP contribution in [0.1, 0.15) is 53.9 Å². The molecule has 3 unspecified atom stereocenters. The molecule has 1 aliphatic rings. The molecule has 0 bridgehead atoms. The highest BCUT2D eigenvalue weighted by Gasteiger charge is 2.55. The van der Waals surface area contributed by atoms with Crippen molar-refractivity contribution in [1.82, 2.24) is 0 Å². The fourth-order valence-electron chi connectivity index (χ4n) is 3.23. The van der Waals surface area contributed by atoms with Crippen LogP contribution in [0.3, 0.4) is 0 Å². The van der Waals surface area contributed by atoms with Gasteiger partial charge in [0.1, 0.15) is 0 Å². The zero-order chi connectivity index (χ0) is 9.35. The van der Waals surface area contributed by atoms with Gasteiger partial charge in [0.15, 0.2) is 0 Å². The lowest BCUT2D eigenvalue weighted by atomic mass is 9.77. The van der Waals surface area contributed by atoms with Crippen molar-refractivity contribution in [2.24, 2.45) is 23.2 Å². The van der Waals surface area contributed by atoms with E-state index in [1.807, 2.05) is 0 Å². The Balaban J connectivity index is 2.57. The fourth-order valence-corrected chi connectivity index (χ4v) is 3.23. The monoisotopic (exact) mass is 168 g/mol. The van der Waals surface area contributed by atoms with Gasteiger partial charge in [-0.3, -0.25) is 0 Å². The van der Waals surface area contributed by atoms with Gasteiger partial charge in [0.2, 0.25) is 0 Å². The minimum atomic E-state index is 0.718. The minimum absolute atomic E-state index is 0.718. The van der Waals surface area contributed by atoms with E-state index in [0.29, 0.717) is 0 Å². The van der Waals surface area contributed by atoms with E-state index in [0.717, 1.165) is 23.2 Å². The molecule has 0 aromatic heterocycles. The Morgan fingerprint density at radius 3 is 2.08 bits per heavy atom. The van der Waals surface area contributed by atoms with E-state index >= 15 is 0 Å². The van der Waals surface area contributed by atoms with Crippen LogP contribution in [0.4, 0.5) is 0 Å². The summed E-state index contributed by atoms with van der Waals surface area (Å²) in [4.78, 5) is 0. The Kier molecular flexibility index (Phi) is 2.85. The second kappa shape index (κ2) is 3.40. The first-order valence-corrected chi connectivity index (χ1v) is 5.55. The minimum Gasteiger partial charge on any atom is -0.0654 e. The molecule has 0 amide bonds. The van der Waals surface area contributed by atoms with Crippen LogP contribution in [-0.4, -0.2) is 0 Å². The van der Waals surface area contributed by atoms with Crippen molar-refractivity contribution in [3.05, 3.63) is 0 Å². The SMILES string of the molecule is CCCC(C)C1(C(C)C)CC1C. The molecule has 0 saturated heterocycles. The third-order valence-corrected chi connectivity index (χ3v) is 4.13. The number of hydrogen-bond acceptors (Lipinski definition) is 0. The summed E-state index contributed by atoms with van der Waals surface area (Å²) in [6, 6.07) is 0. The summed E-state index contributed by atoms with van der Waals surface area (Å²) in [6.07, 6.45) is 4.25. The Morgan fingerprint density at radius 1 is 1.33 bits per heavy atom. The largest absolute Gasteiger partial charge is 0.0654 e. The van der Waals surface area contributed by atoms with Crippen LogP contribution in [-0.2, 0) is 0 Å². The molecule has 0 heterocycles. The van der Waals surface area contributed by atoms with Gasteiger partial charge in [-0.25, -0.2) is 0 Å². The summed E-state index contributed by atoms with van der Waals surface area (Å²) in [5.41, 5.74) is 0.718. The fraction of sp³-hybridized carbons (Fsp3) is 1.00. The van der Waals surface area contributed by atoms with Crippen LogP contribution in [0.2, 0.25) is 0 Å². The molecule has 3 atom stereocenters. The first kappa shape index (κ1) is 10.1. The van der Waals surface area contributed by atoms with Gasteiger partial charge in [-0.15, -0.1) is 0 Å². The Labute approximate surface area is 77.7 Å². The highest BCUT2D eigenvalue weighted by Crippen LogP contribution is 2.63. The predicted molar refractivity (Wildman–Crippen MR) is 55.1 cm³/mol. The van der Waals surface area contributed by atoms with Crippen molar-refractivity contribution >= 4 is 0 Å². The van der Waals surface area contributed by atoms with Gasteiger partial charge in [0.25, 0.3) is 0 Å². The van der Waals surface area contributed by atoms with Crippen LogP contribution >= 0.6 is 0 Å². The number of hydrogen-bond donors (Lipinski definition) is 0. The van der Waals surface area contributed by atoms with E-state index in [2.05, 4.69) is 34.6 Å². The van der Waals surface area contributed by atoms with Crippen molar-refractivity contribution < 1.29 is 0 Å². The van der Waals surface area contributed by atoms with E-state index in [1.165, 1.54) is 19.3 Å². The third-order valence-electron chi connectivity index (χ3n) is 4.13. The zero-order valence-electron chi connectivity index (χ0n) is 9.35. The van der Waals surface area contributed by atoms with E-state index in [1.54, 1.807) is 0 Å². The standard InChI is InChI=1S/C12H24/c1-6-7-10(4)12(9(2)3)8-11(12)5/h9-11H,6-8H2,1-5H3. The molecule has 0 heteroatoms. The Bertz CT molecular complexity index is 148. The smallest absolute Gasteiger partial charge is 0.0220 e. The van der Waals surface area contributed by atoms with Crippen LogP contribution in [0.5, 0.6) is 0 Å². The molecule has 72 valence electrons. The second-order valence-corrected chi connectivity index (χ2v) is 5.06. The van der Waals surface area contributed by atoms with E-state index in [4.69, 9.17) is 0 Å². The van der Waals surface area contributed by atoms with Crippen LogP contribution in [0.15, 0.2) is 0 Å². The molecule has 0 radical (unpaired) electrons. The summed E-state index contributed by atoms with van der Waals surface area (Å²) in [7, 11) is 0. The molecule has 0 aromatic carbocycles. The van der Waals surface area contributed by atoms with Crippen molar-refractivity contribution in [3.8, 4) is 0 Å². The topological polar surface area (TPSA) is 0 Å². The molecule has 1 aliphatic carbocycles. The van der Waals surface area contributed by atoms with Gasteiger partial charge in [-0.1, -0.05) is 47.5 Å². The second-order valence-electron chi connectivity index (χ2n) is 5.06. The molecule has 0 N–H and O–H groups in total. The summed E-state index contributed by atoms with van der Waals surface area (Å²) in [5, 5.41) is 0. The van der Waals surface area contributed by atoms with Gasteiger partial charge in [-0.05, 0) is 29.6 Å². The molecular formula is C12H24. The first-order valence-electron chi connectivity index (χ1n) is 5.55. The molecule has 1 saturated carbocycles. The van der Waals surface area contributed by atoms with Crippen molar-refractivity contribution in [2.75, 3.05) is 0 Å². The van der Waals surface area contributed by atoms with Crippen LogP contribution in [0, 0.1) is 23.2 Å². The Hall–Kier alpha value is 0. The molecule has 1 rings (SSSR count). The maximum absolute atomic E-state index is 2.45. The first-order chi connectivity index (χ1) is 5.55. The Morgan fingerprint density at radius 2 is 1.83 bits per heavy atom. The van der Waals surface area contributed by atoms with Crippen molar-refractivity contribution in [3.63, 3.8) is 0 Å². The lowest BCUT2D eigenvalue weighted by molar-refractivity contribution is 0.208. The van der Waals surface area contributed by atoms with Crippen LogP contribution < -0.4 is 0 Å².